The lowest BCUT2D eigenvalue weighted by Gasteiger charge is -2.44. The van der Waals surface area contributed by atoms with Crippen LogP contribution in [-0.2, 0) is 33.3 Å². The number of alkyl halides is 3. The number of thioether (sulfide) groups is 1. The maximum Gasteiger partial charge on any atom is 0.573 e. The van der Waals surface area contributed by atoms with Gasteiger partial charge in [-0.2, -0.15) is 0 Å². The van der Waals surface area contributed by atoms with Crippen LogP contribution in [0, 0.1) is 17.5 Å². The van der Waals surface area contributed by atoms with E-state index in [2.05, 4.69) is 15.0 Å². The molecule has 1 aliphatic rings. The summed E-state index contributed by atoms with van der Waals surface area (Å²) in [6, 6.07) is 4.71. The number of aromatic nitrogens is 3. The summed E-state index contributed by atoms with van der Waals surface area (Å²) in [6.45, 7) is 2.79. The van der Waals surface area contributed by atoms with Crippen molar-refractivity contribution in [1.82, 2.24) is 15.0 Å². The molecule has 45 heavy (non-hydrogen) atoms. The van der Waals surface area contributed by atoms with Gasteiger partial charge < -0.3 is 23.7 Å². The quantitative estimate of drug-likeness (QED) is 0.136. The second-order valence-corrected chi connectivity index (χ2v) is 10.6. The SMILES string of the molecule is CC(=O)OCC1O[C@H](Sc2ccc(OC(F)(F)F)cc2)C(OC(C)=O)[C@@H](n2cc(-c3cc(F)c(F)c(F)c3)nn2)[C@H]1OC(C)=O. The maximum atomic E-state index is 14.0. The van der Waals surface area contributed by atoms with Gasteiger partial charge in [-0.25, -0.2) is 17.9 Å². The molecule has 4 rings (SSSR count). The van der Waals surface area contributed by atoms with Crippen LogP contribution in [0.5, 0.6) is 5.75 Å². The fourth-order valence-electron chi connectivity index (χ4n) is 4.39. The zero-order valence-corrected chi connectivity index (χ0v) is 24.2. The Morgan fingerprint density at radius 2 is 1.53 bits per heavy atom. The fourth-order valence-corrected chi connectivity index (χ4v) is 5.50. The Labute approximate surface area is 254 Å². The van der Waals surface area contributed by atoms with Gasteiger partial charge in [0.1, 0.15) is 35.6 Å². The van der Waals surface area contributed by atoms with Crippen LogP contribution in [0.1, 0.15) is 26.8 Å². The summed E-state index contributed by atoms with van der Waals surface area (Å²) >= 11 is 0.888. The van der Waals surface area contributed by atoms with E-state index in [-0.39, 0.29) is 11.3 Å². The van der Waals surface area contributed by atoms with Crippen molar-refractivity contribution in [1.29, 1.82) is 0 Å². The second kappa shape index (κ2) is 13.8. The molecule has 0 aliphatic carbocycles. The molecule has 11 nitrogen and oxygen atoms in total. The van der Waals surface area contributed by atoms with Crippen molar-refractivity contribution in [2.75, 3.05) is 6.61 Å². The van der Waals surface area contributed by atoms with E-state index in [9.17, 15) is 40.7 Å². The summed E-state index contributed by atoms with van der Waals surface area (Å²) in [5.74, 6) is -7.55. The number of rotatable bonds is 9. The summed E-state index contributed by atoms with van der Waals surface area (Å²) in [5.41, 5.74) is -1.56. The van der Waals surface area contributed by atoms with Crippen LogP contribution in [0.4, 0.5) is 26.3 Å². The number of esters is 3. The van der Waals surface area contributed by atoms with Crippen LogP contribution in [-0.4, -0.2) is 69.6 Å². The Kier molecular flexibility index (Phi) is 10.3. The molecule has 2 unspecified atom stereocenters. The largest absolute Gasteiger partial charge is 0.573 e. The predicted molar refractivity (Wildman–Crippen MR) is 140 cm³/mol. The van der Waals surface area contributed by atoms with Gasteiger partial charge in [0.05, 0.1) is 6.20 Å². The molecular weight excluding hydrogens is 640 g/mol. The van der Waals surface area contributed by atoms with Crippen LogP contribution in [0.25, 0.3) is 11.3 Å². The van der Waals surface area contributed by atoms with Gasteiger partial charge in [0.25, 0.3) is 0 Å². The van der Waals surface area contributed by atoms with Crippen LogP contribution in [0.15, 0.2) is 47.5 Å². The van der Waals surface area contributed by atoms with Gasteiger partial charge in [0, 0.05) is 31.2 Å². The van der Waals surface area contributed by atoms with Gasteiger partial charge in [0.15, 0.2) is 29.7 Å². The fraction of sp³-hybridized carbons (Fsp3) is 0.370. The third-order valence-electron chi connectivity index (χ3n) is 6.08. The van der Waals surface area contributed by atoms with Gasteiger partial charge >= 0.3 is 24.3 Å². The molecule has 3 aromatic rings. The molecule has 0 amide bonds. The Balaban J connectivity index is 1.77. The number of carbonyl (C=O) groups is 3. The van der Waals surface area contributed by atoms with Gasteiger partial charge in [-0.1, -0.05) is 17.0 Å². The molecule has 2 heterocycles. The van der Waals surface area contributed by atoms with E-state index in [1.807, 2.05) is 0 Å². The maximum absolute atomic E-state index is 14.0. The van der Waals surface area contributed by atoms with E-state index in [1.165, 1.54) is 18.3 Å². The van der Waals surface area contributed by atoms with E-state index in [0.29, 0.717) is 17.0 Å². The van der Waals surface area contributed by atoms with Crippen LogP contribution < -0.4 is 4.74 Å². The third-order valence-corrected chi connectivity index (χ3v) is 7.23. The first-order valence-electron chi connectivity index (χ1n) is 12.8. The van der Waals surface area contributed by atoms with Crippen molar-refractivity contribution >= 4 is 29.7 Å². The zero-order valence-electron chi connectivity index (χ0n) is 23.4. The van der Waals surface area contributed by atoms with Gasteiger partial charge in [0.2, 0.25) is 0 Å². The molecular formula is C27H23F6N3O8S. The monoisotopic (exact) mass is 663 g/mol. The number of hydrogen-bond acceptors (Lipinski definition) is 11. The van der Waals surface area contributed by atoms with Crippen molar-refractivity contribution in [2.24, 2.45) is 0 Å². The molecule has 0 bridgehead atoms. The van der Waals surface area contributed by atoms with Crippen LogP contribution in [0.3, 0.4) is 0 Å². The Hall–Kier alpha value is -4.32. The van der Waals surface area contributed by atoms with Crippen molar-refractivity contribution in [3.8, 4) is 17.0 Å². The number of carbonyl (C=O) groups excluding carboxylic acids is 3. The molecule has 242 valence electrons. The lowest BCUT2D eigenvalue weighted by molar-refractivity contribution is -0.274. The molecule has 2 aromatic carbocycles. The highest BCUT2D eigenvalue weighted by Gasteiger charge is 2.52. The van der Waals surface area contributed by atoms with Crippen LogP contribution >= 0.6 is 11.8 Å². The highest BCUT2D eigenvalue weighted by molar-refractivity contribution is 7.99. The van der Waals surface area contributed by atoms with Gasteiger partial charge in [-0.15, -0.1) is 18.3 Å². The molecule has 5 atom stereocenters. The highest BCUT2D eigenvalue weighted by Crippen LogP contribution is 2.42. The van der Waals surface area contributed by atoms with E-state index in [0.717, 1.165) is 49.3 Å². The Bertz CT molecular complexity index is 1530. The van der Waals surface area contributed by atoms with Crippen molar-refractivity contribution in [3.05, 3.63) is 60.0 Å². The zero-order chi connectivity index (χ0) is 33.1. The number of ether oxygens (including phenoxy) is 5. The molecule has 0 spiro atoms. The van der Waals surface area contributed by atoms with Crippen molar-refractivity contribution in [2.45, 2.75) is 61.8 Å². The predicted octanol–water partition coefficient (Wildman–Crippen LogP) is 4.75. The molecule has 0 saturated carbocycles. The Morgan fingerprint density at radius 1 is 0.933 bits per heavy atom. The summed E-state index contributed by atoms with van der Waals surface area (Å²) in [4.78, 5) is 36.4. The summed E-state index contributed by atoms with van der Waals surface area (Å²) < 4.78 is 107. The molecule has 0 N–H and O–H groups in total. The molecule has 0 radical (unpaired) electrons. The highest BCUT2D eigenvalue weighted by atomic mass is 32.2. The standard InChI is InChI=1S/C27H23F6N3O8S/c1-12(37)40-11-21-24(41-13(2)38)23(36-10-20(34-35-36)15-8-18(28)22(30)19(29)9-15)25(42-14(3)39)26(43-21)45-17-6-4-16(5-7-17)44-27(31,32)33/h4-10,21,23-26H,11H2,1-3H3/t21?,23-,24-,25?,26+/m0/s1. The average molecular weight is 664 g/mol. The summed E-state index contributed by atoms with van der Waals surface area (Å²) in [6.07, 6.45) is -7.72. The summed E-state index contributed by atoms with van der Waals surface area (Å²) in [5, 5.41) is 7.87. The molecule has 1 saturated heterocycles. The summed E-state index contributed by atoms with van der Waals surface area (Å²) in [7, 11) is 0. The second-order valence-electron chi connectivity index (χ2n) is 9.46. The molecule has 1 aliphatic heterocycles. The van der Waals surface area contributed by atoms with E-state index in [4.69, 9.17) is 18.9 Å². The van der Waals surface area contributed by atoms with E-state index < -0.39 is 83.9 Å². The lowest BCUT2D eigenvalue weighted by atomic mass is 9.96. The molecule has 1 fully saturated rings. The minimum Gasteiger partial charge on any atom is -0.463 e. The third kappa shape index (κ3) is 8.65. The Morgan fingerprint density at radius 3 is 2.09 bits per heavy atom. The minimum atomic E-state index is -4.92. The van der Waals surface area contributed by atoms with Gasteiger partial charge in [-0.05, 0) is 36.4 Å². The van der Waals surface area contributed by atoms with Crippen molar-refractivity contribution < 1.29 is 64.4 Å². The average Bonchev–Trinajstić information content (AvgIpc) is 3.41. The number of halogens is 6. The molecule has 1 aromatic heterocycles. The number of hydrogen-bond donors (Lipinski definition) is 0. The first kappa shape index (κ1) is 33.6. The van der Waals surface area contributed by atoms with Crippen LogP contribution in [0.2, 0.25) is 0 Å². The number of nitrogens with zero attached hydrogens (tertiary/aromatic N) is 3. The lowest BCUT2D eigenvalue weighted by Crippen LogP contribution is -2.57. The van der Waals surface area contributed by atoms with Crippen molar-refractivity contribution in [3.63, 3.8) is 0 Å². The van der Waals surface area contributed by atoms with E-state index in [1.54, 1.807) is 0 Å². The van der Waals surface area contributed by atoms with E-state index >= 15 is 0 Å². The molecule has 18 heteroatoms. The normalized spacial score (nSPS) is 21.6. The topological polar surface area (TPSA) is 128 Å². The minimum absolute atomic E-state index is 0.150. The smallest absolute Gasteiger partial charge is 0.463 e. The van der Waals surface area contributed by atoms with Gasteiger partial charge in [-0.3, -0.25) is 14.4 Å². The first-order valence-corrected chi connectivity index (χ1v) is 13.7. The first-order chi connectivity index (χ1) is 21.1. The number of benzene rings is 2.